The van der Waals surface area contributed by atoms with Gasteiger partial charge in [-0.15, -0.1) is 11.8 Å². The van der Waals surface area contributed by atoms with Crippen molar-refractivity contribution < 1.29 is 14.5 Å². The average molecular weight is 320 g/mol. The molecule has 22 heavy (non-hydrogen) atoms. The quantitative estimate of drug-likeness (QED) is 0.453. The van der Waals surface area contributed by atoms with E-state index in [0.717, 1.165) is 18.4 Å². The second-order valence-electron chi connectivity index (χ2n) is 6.08. The van der Waals surface area contributed by atoms with E-state index in [1.165, 1.54) is 30.6 Å². The van der Waals surface area contributed by atoms with Crippen molar-refractivity contribution in [3.8, 4) is 0 Å². The van der Waals surface area contributed by atoms with Crippen LogP contribution in [0.5, 0.6) is 0 Å². The van der Waals surface area contributed by atoms with Gasteiger partial charge in [0, 0.05) is 17.6 Å². The van der Waals surface area contributed by atoms with Crippen LogP contribution in [0.15, 0.2) is 41.3 Å². The molecule has 1 aliphatic carbocycles. The molecule has 3 rings (SSSR count). The Labute approximate surface area is 137 Å². The molecule has 2 aliphatic rings. The van der Waals surface area contributed by atoms with E-state index >= 15 is 0 Å². The Balaban J connectivity index is 1.85. The van der Waals surface area contributed by atoms with Crippen LogP contribution in [-0.2, 0) is 20.3 Å². The summed E-state index contributed by atoms with van der Waals surface area (Å²) in [5.41, 5.74) is 0.685. The van der Waals surface area contributed by atoms with E-state index in [0.29, 0.717) is 0 Å². The van der Waals surface area contributed by atoms with Crippen LogP contribution in [0.3, 0.4) is 0 Å². The predicted molar refractivity (Wildman–Crippen MR) is 88.7 cm³/mol. The molecule has 3 nitrogen and oxygen atoms in total. The van der Waals surface area contributed by atoms with Gasteiger partial charge in [0.25, 0.3) is 0 Å². The molecule has 1 aromatic rings. The van der Waals surface area contributed by atoms with Crippen molar-refractivity contribution in [2.24, 2.45) is 0 Å². The summed E-state index contributed by atoms with van der Waals surface area (Å²) in [4.78, 5) is 12.9. The van der Waals surface area contributed by atoms with Gasteiger partial charge in [0.1, 0.15) is 5.60 Å². The highest BCUT2D eigenvalue weighted by Crippen LogP contribution is 2.41. The molecule has 0 aromatic heterocycles. The summed E-state index contributed by atoms with van der Waals surface area (Å²) in [5.74, 6) is -0.936. The molecular weight excluding hydrogens is 296 g/mol. The molecule has 1 spiro atoms. The first-order valence-electron chi connectivity index (χ1n) is 7.99. The first-order chi connectivity index (χ1) is 10.7. The monoisotopic (exact) mass is 320 g/mol. The fraction of sp³-hybridized carbons (Fsp3) is 0.556. The molecule has 0 amide bonds. The van der Waals surface area contributed by atoms with E-state index < -0.39 is 5.79 Å². The molecule has 120 valence electrons. The summed E-state index contributed by atoms with van der Waals surface area (Å²) in [6, 6.07) is 8.23. The largest absolute Gasteiger partial charge is 0.344 e. The Kier molecular flexibility index (Phi) is 4.93. The zero-order valence-corrected chi connectivity index (χ0v) is 14.2. The Morgan fingerprint density at radius 1 is 0.955 bits per heavy atom. The fourth-order valence-corrected chi connectivity index (χ4v) is 3.63. The highest BCUT2D eigenvalue weighted by atomic mass is 32.2. The van der Waals surface area contributed by atoms with Gasteiger partial charge in [-0.05, 0) is 43.4 Å². The molecule has 1 unspecified atom stereocenters. The van der Waals surface area contributed by atoms with E-state index in [9.17, 15) is 0 Å². The number of hydrogen-bond acceptors (Lipinski definition) is 4. The van der Waals surface area contributed by atoms with Crippen LogP contribution in [0.1, 0.15) is 44.1 Å². The summed E-state index contributed by atoms with van der Waals surface area (Å²) < 4.78 is 5.66. The smallest absolute Gasteiger partial charge is 0.246 e. The molecule has 0 radical (unpaired) electrons. The second kappa shape index (κ2) is 6.75. The van der Waals surface area contributed by atoms with Crippen LogP contribution in [0, 0.1) is 0 Å². The number of methoxy groups -OCH3 is 1. The maximum atomic E-state index is 5.89. The van der Waals surface area contributed by atoms with Crippen molar-refractivity contribution in [1.29, 1.82) is 0 Å². The van der Waals surface area contributed by atoms with Crippen LogP contribution in [0.25, 0.3) is 0 Å². The van der Waals surface area contributed by atoms with Gasteiger partial charge < -0.3 is 4.74 Å². The van der Waals surface area contributed by atoms with Gasteiger partial charge in [-0.1, -0.05) is 37.8 Å². The normalized spacial score (nSPS) is 27.7. The van der Waals surface area contributed by atoms with Gasteiger partial charge in [0.2, 0.25) is 5.79 Å². The fourth-order valence-electron chi connectivity index (χ4n) is 3.23. The molecule has 4 heteroatoms. The molecule has 0 saturated heterocycles. The lowest BCUT2D eigenvalue weighted by atomic mass is 9.91. The number of ether oxygens (including phenoxy) is 1. The number of benzene rings is 1. The minimum absolute atomic E-state index is 0.266. The molecule has 1 atom stereocenters. The van der Waals surface area contributed by atoms with Crippen molar-refractivity contribution in [2.75, 3.05) is 13.4 Å². The van der Waals surface area contributed by atoms with Crippen molar-refractivity contribution in [1.82, 2.24) is 0 Å². The summed E-state index contributed by atoms with van der Waals surface area (Å²) in [5, 5.41) is 0. The lowest BCUT2D eigenvalue weighted by Crippen LogP contribution is -2.42. The molecule has 1 aliphatic heterocycles. The third kappa shape index (κ3) is 3.11. The van der Waals surface area contributed by atoms with E-state index in [1.807, 2.05) is 18.2 Å². The Bertz CT molecular complexity index is 518. The van der Waals surface area contributed by atoms with Crippen LogP contribution < -0.4 is 0 Å². The van der Waals surface area contributed by atoms with Gasteiger partial charge in [-0.3, -0.25) is 0 Å². The van der Waals surface area contributed by atoms with Crippen LogP contribution in [0.2, 0.25) is 0 Å². The molecule has 1 heterocycles. The van der Waals surface area contributed by atoms with Crippen LogP contribution in [-0.4, -0.2) is 19.0 Å². The van der Waals surface area contributed by atoms with Gasteiger partial charge >= 0.3 is 0 Å². The van der Waals surface area contributed by atoms with E-state index in [-0.39, 0.29) is 5.60 Å². The maximum absolute atomic E-state index is 5.89. The van der Waals surface area contributed by atoms with E-state index in [4.69, 9.17) is 14.5 Å². The third-order valence-electron chi connectivity index (χ3n) is 4.68. The number of rotatable bonds is 3. The molecule has 1 saturated carbocycles. The van der Waals surface area contributed by atoms with Crippen molar-refractivity contribution in [2.45, 2.75) is 54.8 Å². The predicted octanol–water partition coefficient (Wildman–Crippen LogP) is 4.82. The maximum Gasteiger partial charge on any atom is 0.246 e. The molecular formula is C18H24O3S. The summed E-state index contributed by atoms with van der Waals surface area (Å²) in [6.45, 7) is 0. The zero-order chi connectivity index (χ0) is 15.5. The van der Waals surface area contributed by atoms with Crippen molar-refractivity contribution in [3.63, 3.8) is 0 Å². The Hall–Kier alpha value is -0.810. The topological polar surface area (TPSA) is 27.7 Å². The third-order valence-corrected chi connectivity index (χ3v) is 5.43. The SMILES string of the molecule is COC1(c2ccc(SC)cc2)C=CC2(CCCCCC2)OO1. The van der Waals surface area contributed by atoms with Gasteiger partial charge in [0.15, 0.2) is 0 Å². The first-order valence-corrected chi connectivity index (χ1v) is 9.21. The highest BCUT2D eigenvalue weighted by molar-refractivity contribution is 7.98. The highest BCUT2D eigenvalue weighted by Gasteiger charge is 2.42. The minimum atomic E-state index is -0.936. The summed E-state index contributed by atoms with van der Waals surface area (Å²) >= 11 is 1.72. The lowest BCUT2D eigenvalue weighted by molar-refractivity contribution is -0.458. The Morgan fingerprint density at radius 2 is 1.64 bits per heavy atom. The number of hydrogen-bond donors (Lipinski definition) is 0. The van der Waals surface area contributed by atoms with Crippen LogP contribution in [0.4, 0.5) is 0 Å². The molecule has 1 aromatic carbocycles. The van der Waals surface area contributed by atoms with Crippen molar-refractivity contribution in [3.05, 3.63) is 42.0 Å². The zero-order valence-electron chi connectivity index (χ0n) is 13.3. The van der Waals surface area contributed by atoms with Gasteiger partial charge in [-0.2, -0.15) is 4.89 Å². The standard InChI is InChI=1S/C18H24O3S/c1-19-18(15-7-9-16(22-2)10-8-15)14-13-17(20-21-18)11-5-3-4-6-12-17/h7-10,13-14H,3-6,11-12H2,1-2H3. The second-order valence-corrected chi connectivity index (χ2v) is 6.96. The first kappa shape index (κ1) is 16.1. The summed E-state index contributed by atoms with van der Waals surface area (Å²) in [7, 11) is 1.65. The van der Waals surface area contributed by atoms with E-state index in [2.05, 4.69) is 24.5 Å². The summed E-state index contributed by atoms with van der Waals surface area (Å²) in [6.07, 6.45) is 13.2. The van der Waals surface area contributed by atoms with Crippen LogP contribution >= 0.6 is 11.8 Å². The van der Waals surface area contributed by atoms with E-state index in [1.54, 1.807) is 18.9 Å². The minimum Gasteiger partial charge on any atom is -0.344 e. The average Bonchev–Trinajstić information content (AvgIpc) is 2.82. The Morgan fingerprint density at radius 3 is 2.14 bits per heavy atom. The van der Waals surface area contributed by atoms with Gasteiger partial charge in [-0.25, -0.2) is 4.89 Å². The number of thioether (sulfide) groups is 1. The molecule has 0 N–H and O–H groups in total. The van der Waals surface area contributed by atoms with Crippen molar-refractivity contribution >= 4 is 11.8 Å². The lowest BCUT2D eigenvalue weighted by Gasteiger charge is -2.39. The van der Waals surface area contributed by atoms with Gasteiger partial charge in [0.05, 0.1) is 0 Å². The molecule has 0 bridgehead atoms. The molecule has 1 fully saturated rings.